The minimum atomic E-state index is -0.827. The van der Waals surface area contributed by atoms with Gasteiger partial charge >= 0.3 is 0 Å². The first-order valence-electron chi connectivity index (χ1n) is 8.77. The van der Waals surface area contributed by atoms with Crippen LogP contribution in [0.15, 0.2) is 24.3 Å². The number of benzene rings is 1. The average Bonchev–Trinajstić information content (AvgIpc) is 3.41. The Morgan fingerprint density at radius 3 is 2.44 bits per heavy atom. The van der Waals surface area contributed by atoms with Gasteiger partial charge in [0.2, 0.25) is 0 Å². The van der Waals surface area contributed by atoms with Crippen molar-refractivity contribution in [2.45, 2.75) is 63.5 Å². The molecule has 2 heterocycles. The molecule has 6 heteroatoms. The van der Waals surface area contributed by atoms with Crippen LogP contribution in [0.5, 0.6) is 5.75 Å². The third-order valence-electron chi connectivity index (χ3n) is 5.43. The molecule has 0 aliphatic carbocycles. The summed E-state index contributed by atoms with van der Waals surface area (Å²) in [4.78, 5) is 0. The highest BCUT2D eigenvalue weighted by atomic mass is 16.6. The number of hydrogen-bond donors (Lipinski definition) is 2. The molecule has 1 aromatic carbocycles. The van der Waals surface area contributed by atoms with Gasteiger partial charge in [0, 0.05) is 5.92 Å². The minimum absolute atomic E-state index is 0.0590. The van der Waals surface area contributed by atoms with Crippen LogP contribution in [0.3, 0.4) is 0 Å². The number of aliphatic hydroxyl groups excluding tert-OH is 2. The van der Waals surface area contributed by atoms with Gasteiger partial charge in [-0.1, -0.05) is 19.1 Å². The van der Waals surface area contributed by atoms with E-state index in [9.17, 15) is 10.2 Å². The molecule has 2 aliphatic heterocycles. The lowest BCUT2D eigenvalue weighted by Crippen LogP contribution is -2.62. The molecule has 7 atom stereocenters. The van der Waals surface area contributed by atoms with Crippen molar-refractivity contribution in [3.63, 3.8) is 0 Å². The summed E-state index contributed by atoms with van der Waals surface area (Å²) in [5, 5.41) is 20.0. The zero-order valence-corrected chi connectivity index (χ0v) is 15.2. The van der Waals surface area contributed by atoms with E-state index in [4.69, 9.17) is 18.9 Å². The molecule has 2 fully saturated rings. The number of aliphatic hydroxyl groups is 2. The van der Waals surface area contributed by atoms with Crippen molar-refractivity contribution in [3.05, 3.63) is 29.8 Å². The van der Waals surface area contributed by atoms with Crippen LogP contribution in [0.2, 0.25) is 0 Å². The summed E-state index contributed by atoms with van der Waals surface area (Å²) in [5.41, 5.74) is 0.209. The van der Waals surface area contributed by atoms with Gasteiger partial charge in [-0.25, -0.2) is 0 Å². The predicted molar refractivity (Wildman–Crippen MR) is 91.4 cm³/mol. The van der Waals surface area contributed by atoms with Crippen LogP contribution in [0, 0.1) is 5.92 Å². The van der Waals surface area contributed by atoms with Crippen molar-refractivity contribution >= 4 is 0 Å². The fourth-order valence-corrected chi connectivity index (χ4v) is 3.89. The van der Waals surface area contributed by atoms with Crippen molar-refractivity contribution in [1.29, 1.82) is 0 Å². The molecular formula is C19H28O6. The largest absolute Gasteiger partial charge is 0.497 e. The second-order valence-corrected chi connectivity index (χ2v) is 7.21. The smallest absolute Gasteiger partial charge is 0.121 e. The first-order valence-corrected chi connectivity index (χ1v) is 8.77. The molecule has 6 nitrogen and oxygen atoms in total. The quantitative estimate of drug-likeness (QED) is 0.756. The molecular weight excluding hydrogens is 324 g/mol. The molecule has 25 heavy (non-hydrogen) atoms. The Labute approximate surface area is 148 Å². The monoisotopic (exact) mass is 352 g/mol. The molecule has 0 amide bonds. The Morgan fingerprint density at radius 2 is 1.88 bits per heavy atom. The van der Waals surface area contributed by atoms with Gasteiger partial charge in [-0.05, 0) is 31.5 Å². The van der Waals surface area contributed by atoms with Crippen molar-refractivity contribution in [2.24, 2.45) is 5.92 Å². The number of rotatable bonds is 6. The summed E-state index contributed by atoms with van der Waals surface area (Å²) < 4.78 is 22.8. The van der Waals surface area contributed by atoms with Crippen molar-refractivity contribution in [3.8, 4) is 5.75 Å². The highest BCUT2D eigenvalue weighted by Crippen LogP contribution is 2.44. The van der Waals surface area contributed by atoms with Crippen LogP contribution < -0.4 is 4.74 Å². The molecule has 0 aromatic heterocycles. The van der Waals surface area contributed by atoms with Crippen LogP contribution in [-0.2, 0) is 20.8 Å². The van der Waals surface area contributed by atoms with Gasteiger partial charge in [-0.15, -0.1) is 0 Å². The van der Waals surface area contributed by atoms with Crippen LogP contribution in [0.4, 0.5) is 0 Å². The number of hydrogen-bond acceptors (Lipinski definition) is 6. The van der Waals surface area contributed by atoms with Crippen LogP contribution >= 0.6 is 0 Å². The van der Waals surface area contributed by atoms with Crippen LogP contribution in [0.25, 0.3) is 0 Å². The lowest BCUT2D eigenvalue weighted by molar-refractivity contribution is -0.255. The van der Waals surface area contributed by atoms with Crippen LogP contribution in [-0.4, -0.2) is 60.1 Å². The van der Waals surface area contributed by atoms with E-state index in [1.54, 1.807) is 7.11 Å². The van der Waals surface area contributed by atoms with E-state index in [1.807, 2.05) is 45.0 Å². The Balaban J connectivity index is 1.63. The zero-order chi connectivity index (χ0) is 18.2. The number of methoxy groups -OCH3 is 1. The number of ether oxygens (including phenoxy) is 4. The molecule has 140 valence electrons. The average molecular weight is 352 g/mol. The lowest BCUT2D eigenvalue weighted by Gasteiger charge is -2.48. The van der Waals surface area contributed by atoms with Crippen molar-refractivity contribution in [1.82, 2.24) is 0 Å². The number of epoxide rings is 1. The van der Waals surface area contributed by atoms with Gasteiger partial charge in [0.1, 0.15) is 23.6 Å². The van der Waals surface area contributed by atoms with Crippen LogP contribution in [0.1, 0.15) is 26.3 Å². The highest BCUT2D eigenvalue weighted by Gasteiger charge is 2.61. The lowest BCUT2D eigenvalue weighted by atomic mass is 9.78. The van der Waals surface area contributed by atoms with Gasteiger partial charge in [-0.3, -0.25) is 0 Å². The van der Waals surface area contributed by atoms with E-state index >= 15 is 0 Å². The Kier molecular flexibility index (Phi) is 5.37. The maximum Gasteiger partial charge on any atom is 0.121 e. The maximum absolute atomic E-state index is 10.8. The molecule has 2 aliphatic rings. The van der Waals surface area contributed by atoms with E-state index in [2.05, 4.69) is 0 Å². The van der Waals surface area contributed by atoms with E-state index in [-0.39, 0.29) is 36.9 Å². The first-order chi connectivity index (χ1) is 11.9. The molecule has 0 bridgehead atoms. The second-order valence-electron chi connectivity index (χ2n) is 7.21. The summed E-state index contributed by atoms with van der Waals surface area (Å²) >= 11 is 0. The second kappa shape index (κ2) is 7.21. The molecule has 0 spiro atoms. The van der Waals surface area contributed by atoms with E-state index in [0.717, 1.165) is 11.3 Å². The van der Waals surface area contributed by atoms with Crippen molar-refractivity contribution < 1.29 is 29.2 Å². The maximum atomic E-state index is 10.8. The Bertz CT molecular complexity index is 576. The molecule has 2 saturated heterocycles. The highest BCUT2D eigenvalue weighted by molar-refractivity contribution is 5.26. The first kappa shape index (κ1) is 18.6. The topological polar surface area (TPSA) is 80.7 Å². The summed E-state index contributed by atoms with van der Waals surface area (Å²) in [7, 11) is 1.64. The molecule has 2 N–H and O–H groups in total. The van der Waals surface area contributed by atoms with Gasteiger partial charge in [0.25, 0.3) is 0 Å². The van der Waals surface area contributed by atoms with E-state index < -0.39 is 11.7 Å². The van der Waals surface area contributed by atoms with Gasteiger partial charge < -0.3 is 29.2 Å². The van der Waals surface area contributed by atoms with Crippen molar-refractivity contribution in [2.75, 3.05) is 13.7 Å². The van der Waals surface area contributed by atoms with Gasteiger partial charge in [0.05, 0.1) is 38.6 Å². The standard InChI is InChI=1S/C19H28O6/c1-11-16(23-10-13-5-7-14(22-4)8-6-13)12(2)25-19(3,17(11)21)18-15(9-20)24-18/h5-8,11-12,15-18,20-21H,9-10H2,1-4H3/t11-,12+,15-,16-,17+,18+,19+/m0/s1. The molecule has 0 radical (unpaired) electrons. The van der Waals surface area contributed by atoms with Gasteiger partial charge in [-0.2, -0.15) is 0 Å². The summed E-state index contributed by atoms with van der Waals surface area (Å²) in [6.07, 6.45) is -1.68. The molecule has 3 rings (SSSR count). The zero-order valence-electron chi connectivity index (χ0n) is 15.2. The summed E-state index contributed by atoms with van der Waals surface area (Å²) in [5.74, 6) is 0.691. The Morgan fingerprint density at radius 1 is 1.20 bits per heavy atom. The summed E-state index contributed by atoms with van der Waals surface area (Å²) in [6.45, 7) is 6.16. The third kappa shape index (κ3) is 3.55. The normalized spacial score (nSPS) is 40.7. The molecule has 0 saturated carbocycles. The molecule has 0 unspecified atom stereocenters. The molecule has 1 aromatic rings. The fraction of sp³-hybridized carbons (Fsp3) is 0.684. The fourth-order valence-electron chi connectivity index (χ4n) is 3.89. The third-order valence-corrected chi connectivity index (χ3v) is 5.43. The SMILES string of the molecule is COc1ccc(CO[C@H]2[C@H](C)[C@@H](O)[C@](C)([C@@H]3O[C@H]3CO)O[C@@H]2C)cc1. The summed E-state index contributed by atoms with van der Waals surface area (Å²) in [6, 6.07) is 7.72. The van der Waals surface area contributed by atoms with Gasteiger partial charge in [0.15, 0.2) is 0 Å². The Hall–Kier alpha value is -1.18. The predicted octanol–water partition coefficient (Wildman–Crippen LogP) is 1.51. The van der Waals surface area contributed by atoms with E-state index in [1.165, 1.54) is 0 Å². The minimum Gasteiger partial charge on any atom is -0.497 e. The van der Waals surface area contributed by atoms with E-state index in [0.29, 0.717) is 6.61 Å².